The van der Waals surface area contributed by atoms with E-state index in [-0.39, 0.29) is 5.91 Å². The van der Waals surface area contributed by atoms with E-state index in [1.807, 2.05) is 0 Å². The number of halogens is 2. The molecule has 160 valence electrons. The molecular weight excluding hydrogens is 421 g/mol. The average molecular weight is 448 g/mol. The Labute approximate surface area is 187 Å². The summed E-state index contributed by atoms with van der Waals surface area (Å²) in [6, 6.07) is 12.3. The summed E-state index contributed by atoms with van der Waals surface area (Å²) in [4.78, 5) is 16.7. The molecule has 2 aromatic rings. The van der Waals surface area contributed by atoms with Crippen LogP contribution in [0.1, 0.15) is 24.0 Å². The lowest BCUT2D eigenvalue weighted by Gasteiger charge is -2.34. The van der Waals surface area contributed by atoms with Gasteiger partial charge in [0.05, 0.1) is 22.3 Å². The number of nitrogens with zero attached hydrogens (tertiary/aromatic N) is 2. The van der Waals surface area contributed by atoms with Gasteiger partial charge in [-0.1, -0.05) is 53.5 Å². The zero-order chi connectivity index (χ0) is 20.9. The fourth-order valence-corrected chi connectivity index (χ4v) is 4.70. The second kappa shape index (κ2) is 10.0. The Balaban J connectivity index is 1.23. The van der Waals surface area contributed by atoms with Crippen LogP contribution in [0.3, 0.4) is 0 Å². The van der Waals surface area contributed by atoms with E-state index in [4.69, 9.17) is 27.9 Å². The molecule has 0 aliphatic carbocycles. The molecule has 0 radical (unpaired) electrons. The van der Waals surface area contributed by atoms with Crippen molar-refractivity contribution in [3.8, 4) is 5.75 Å². The lowest BCUT2D eigenvalue weighted by Crippen LogP contribution is -2.46. The van der Waals surface area contributed by atoms with Gasteiger partial charge in [-0.3, -0.25) is 9.69 Å². The van der Waals surface area contributed by atoms with Crippen LogP contribution in [0.5, 0.6) is 5.75 Å². The number of carbonyl (C=O) groups is 1. The van der Waals surface area contributed by atoms with Gasteiger partial charge in [0, 0.05) is 51.3 Å². The number of nitrogens with one attached hydrogen (secondary N) is 1. The number of fused-ring (bicyclic) bond motifs is 1. The summed E-state index contributed by atoms with van der Waals surface area (Å²) < 4.78 is 6.04. The van der Waals surface area contributed by atoms with Crippen molar-refractivity contribution in [1.82, 2.24) is 9.80 Å². The van der Waals surface area contributed by atoms with Crippen LogP contribution in [-0.4, -0.2) is 55.0 Å². The minimum absolute atomic E-state index is 0.0240. The smallest absolute Gasteiger partial charge is 0.224 e. The molecule has 0 unspecified atom stereocenters. The lowest BCUT2D eigenvalue weighted by atomic mass is 10.0. The number of ether oxygens (including phenoxy) is 1. The SMILES string of the molecule is O=C1CCc2c(c(Cl)cc(Cl)c2OCCCN2CCN(Cc3ccccc3)CC2)N1. The van der Waals surface area contributed by atoms with E-state index in [2.05, 4.69) is 45.4 Å². The van der Waals surface area contributed by atoms with E-state index in [0.29, 0.717) is 40.9 Å². The van der Waals surface area contributed by atoms with E-state index in [0.717, 1.165) is 51.3 Å². The van der Waals surface area contributed by atoms with Crippen LogP contribution >= 0.6 is 23.2 Å². The van der Waals surface area contributed by atoms with E-state index < -0.39 is 0 Å². The standard InChI is InChI=1S/C23H27Cl2N3O2/c24-19-15-20(25)23(18-7-8-21(29)26-22(18)19)30-14-4-9-27-10-12-28(13-11-27)16-17-5-2-1-3-6-17/h1-3,5-6,15H,4,7-14,16H2,(H,26,29). The predicted octanol–water partition coefficient (Wildman–Crippen LogP) is 4.46. The maximum absolute atomic E-state index is 11.7. The second-order valence-corrected chi connectivity index (χ2v) is 8.69. The Morgan fingerprint density at radius 1 is 0.967 bits per heavy atom. The Hall–Kier alpha value is -1.79. The second-order valence-electron chi connectivity index (χ2n) is 7.88. The third-order valence-electron chi connectivity index (χ3n) is 5.73. The molecule has 2 aliphatic rings. The van der Waals surface area contributed by atoms with Gasteiger partial charge in [-0.15, -0.1) is 0 Å². The van der Waals surface area contributed by atoms with Crippen LogP contribution < -0.4 is 10.1 Å². The highest BCUT2D eigenvalue weighted by Gasteiger charge is 2.24. The summed E-state index contributed by atoms with van der Waals surface area (Å²) in [7, 11) is 0. The number of carbonyl (C=O) groups excluding carboxylic acids is 1. The van der Waals surface area contributed by atoms with Crippen molar-refractivity contribution < 1.29 is 9.53 Å². The fourth-order valence-electron chi connectivity index (χ4n) is 4.10. The van der Waals surface area contributed by atoms with Gasteiger partial charge in [-0.05, 0) is 24.5 Å². The van der Waals surface area contributed by atoms with Gasteiger partial charge in [0.1, 0.15) is 5.75 Å². The molecule has 7 heteroatoms. The topological polar surface area (TPSA) is 44.8 Å². The lowest BCUT2D eigenvalue weighted by molar-refractivity contribution is -0.116. The van der Waals surface area contributed by atoms with Crippen LogP contribution in [-0.2, 0) is 17.8 Å². The van der Waals surface area contributed by atoms with Crippen LogP contribution in [0, 0.1) is 0 Å². The van der Waals surface area contributed by atoms with Crippen molar-refractivity contribution >= 4 is 34.8 Å². The molecule has 4 rings (SSSR count). The molecule has 1 amide bonds. The van der Waals surface area contributed by atoms with Gasteiger partial charge in [0.25, 0.3) is 0 Å². The summed E-state index contributed by atoms with van der Waals surface area (Å²) in [5.74, 6) is 0.632. The molecular formula is C23H27Cl2N3O2. The van der Waals surface area contributed by atoms with E-state index in [1.165, 1.54) is 5.56 Å². The van der Waals surface area contributed by atoms with Crippen molar-refractivity contribution in [3.05, 3.63) is 57.6 Å². The molecule has 0 spiro atoms. The number of rotatable bonds is 7. The maximum atomic E-state index is 11.7. The van der Waals surface area contributed by atoms with Crippen molar-refractivity contribution in [3.63, 3.8) is 0 Å². The molecule has 2 aromatic carbocycles. The first-order chi connectivity index (χ1) is 14.6. The molecule has 1 N–H and O–H groups in total. The fraction of sp³-hybridized carbons (Fsp3) is 0.435. The molecule has 0 atom stereocenters. The van der Waals surface area contributed by atoms with E-state index in [1.54, 1.807) is 6.07 Å². The van der Waals surface area contributed by atoms with Gasteiger partial charge in [-0.25, -0.2) is 0 Å². The minimum atomic E-state index is -0.0240. The van der Waals surface area contributed by atoms with Gasteiger partial charge in [-0.2, -0.15) is 0 Å². The van der Waals surface area contributed by atoms with Crippen molar-refractivity contribution in [2.45, 2.75) is 25.8 Å². The summed E-state index contributed by atoms with van der Waals surface area (Å²) >= 11 is 12.6. The molecule has 1 saturated heterocycles. The Morgan fingerprint density at radius 3 is 2.47 bits per heavy atom. The van der Waals surface area contributed by atoms with Crippen LogP contribution in [0.2, 0.25) is 10.0 Å². The minimum Gasteiger partial charge on any atom is -0.492 e. The molecule has 2 heterocycles. The highest BCUT2D eigenvalue weighted by molar-refractivity contribution is 6.38. The van der Waals surface area contributed by atoms with Crippen molar-refractivity contribution in [2.75, 3.05) is 44.6 Å². The monoisotopic (exact) mass is 447 g/mol. The van der Waals surface area contributed by atoms with Crippen molar-refractivity contribution in [1.29, 1.82) is 0 Å². The summed E-state index contributed by atoms with van der Waals surface area (Å²) in [5, 5.41) is 3.80. The third kappa shape index (κ3) is 5.27. The number of amides is 1. The van der Waals surface area contributed by atoms with E-state index >= 15 is 0 Å². The number of anilines is 1. The largest absolute Gasteiger partial charge is 0.492 e. The zero-order valence-corrected chi connectivity index (χ0v) is 18.5. The highest BCUT2D eigenvalue weighted by Crippen LogP contribution is 2.42. The van der Waals surface area contributed by atoms with Crippen LogP contribution in [0.15, 0.2) is 36.4 Å². The van der Waals surface area contributed by atoms with Gasteiger partial charge in [0.2, 0.25) is 5.91 Å². The Kier molecular flexibility index (Phi) is 7.16. The Bertz CT molecular complexity index is 884. The average Bonchev–Trinajstić information content (AvgIpc) is 2.75. The zero-order valence-electron chi connectivity index (χ0n) is 17.0. The normalized spacial score (nSPS) is 17.5. The molecule has 5 nitrogen and oxygen atoms in total. The summed E-state index contributed by atoms with van der Waals surface area (Å²) in [5.41, 5.74) is 2.92. The molecule has 0 bridgehead atoms. The first-order valence-corrected chi connectivity index (χ1v) is 11.3. The maximum Gasteiger partial charge on any atom is 0.224 e. The van der Waals surface area contributed by atoms with Gasteiger partial charge < -0.3 is 15.0 Å². The molecule has 30 heavy (non-hydrogen) atoms. The highest BCUT2D eigenvalue weighted by atomic mass is 35.5. The Morgan fingerprint density at radius 2 is 1.70 bits per heavy atom. The summed E-state index contributed by atoms with van der Waals surface area (Å²) in [6.07, 6.45) is 1.95. The van der Waals surface area contributed by atoms with Crippen molar-refractivity contribution in [2.24, 2.45) is 0 Å². The van der Waals surface area contributed by atoms with Crippen LogP contribution in [0.25, 0.3) is 0 Å². The number of hydrogen-bond acceptors (Lipinski definition) is 4. The number of piperazine rings is 1. The summed E-state index contributed by atoms with van der Waals surface area (Å²) in [6.45, 7) is 6.95. The number of benzene rings is 2. The predicted molar refractivity (Wildman–Crippen MR) is 122 cm³/mol. The molecule has 0 saturated carbocycles. The third-order valence-corrected chi connectivity index (χ3v) is 6.31. The first kappa shape index (κ1) is 21.4. The molecule has 2 aliphatic heterocycles. The van der Waals surface area contributed by atoms with Crippen LogP contribution in [0.4, 0.5) is 5.69 Å². The van der Waals surface area contributed by atoms with E-state index in [9.17, 15) is 4.79 Å². The van der Waals surface area contributed by atoms with Gasteiger partial charge in [0.15, 0.2) is 0 Å². The van der Waals surface area contributed by atoms with Gasteiger partial charge >= 0.3 is 0 Å². The molecule has 0 aromatic heterocycles. The molecule has 1 fully saturated rings. The number of hydrogen-bond donors (Lipinski definition) is 1. The first-order valence-electron chi connectivity index (χ1n) is 10.5. The quantitative estimate of drug-likeness (QED) is 0.636.